The fourth-order valence-corrected chi connectivity index (χ4v) is 2.99. The van der Waals surface area contributed by atoms with Gasteiger partial charge in [0.1, 0.15) is 0 Å². The molecule has 0 spiro atoms. The van der Waals surface area contributed by atoms with E-state index in [2.05, 4.69) is 0 Å². The second-order valence-electron chi connectivity index (χ2n) is 4.70. The van der Waals surface area contributed by atoms with Crippen LogP contribution >= 0.6 is 11.8 Å². The molecule has 3 rings (SSSR count). The summed E-state index contributed by atoms with van der Waals surface area (Å²) in [6, 6.07) is 14.5. The third-order valence-corrected chi connectivity index (χ3v) is 4.06. The highest BCUT2D eigenvalue weighted by Crippen LogP contribution is 2.35. The van der Waals surface area contributed by atoms with E-state index in [4.69, 9.17) is 0 Å². The van der Waals surface area contributed by atoms with Gasteiger partial charge < -0.3 is 0 Å². The van der Waals surface area contributed by atoms with Crippen LogP contribution in [0.25, 0.3) is 6.08 Å². The molecule has 0 atom stereocenters. The van der Waals surface area contributed by atoms with Gasteiger partial charge in [-0.1, -0.05) is 30.3 Å². The number of hydrogen-bond acceptors (Lipinski definition) is 5. The first-order valence-corrected chi connectivity index (χ1v) is 7.45. The van der Waals surface area contributed by atoms with Gasteiger partial charge in [0.15, 0.2) is 0 Å². The van der Waals surface area contributed by atoms with Gasteiger partial charge >= 0.3 is 0 Å². The first kappa shape index (κ1) is 15.0. The molecule has 114 valence electrons. The van der Waals surface area contributed by atoms with Crippen molar-refractivity contribution in [2.75, 3.05) is 4.90 Å². The number of amides is 2. The number of nitrogens with zero attached hydrogens (tertiary/aromatic N) is 2. The number of non-ortho nitro benzene ring substituents is 1. The van der Waals surface area contributed by atoms with Crippen molar-refractivity contribution in [3.63, 3.8) is 0 Å². The van der Waals surface area contributed by atoms with E-state index in [1.807, 2.05) is 0 Å². The van der Waals surface area contributed by atoms with Gasteiger partial charge in [-0.25, -0.2) is 4.90 Å². The number of nitro benzene ring substituents is 1. The van der Waals surface area contributed by atoms with Gasteiger partial charge in [0, 0.05) is 12.1 Å². The quantitative estimate of drug-likeness (QED) is 0.486. The maximum atomic E-state index is 12.4. The first-order valence-electron chi connectivity index (χ1n) is 6.64. The van der Waals surface area contributed by atoms with Crippen LogP contribution in [0.15, 0.2) is 59.5 Å². The number of anilines is 1. The molecule has 23 heavy (non-hydrogen) atoms. The Morgan fingerprint density at radius 3 is 2.48 bits per heavy atom. The lowest BCUT2D eigenvalue weighted by atomic mass is 10.2. The fourth-order valence-electron chi connectivity index (χ4n) is 2.15. The second-order valence-corrected chi connectivity index (χ2v) is 5.70. The standard InChI is InChI=1S/C16H10N2O4S/c19-15-14(10-11-5-4-8-13(9-11)18(21)22)23-16(20)17(15)12-6-2-1-3-7-12/h1-10H/b14-10-. The maximum Gasteiger partial charge on any atom is 0.298 e. The third-order valence-electron chi connectivity index (χ3n) is 3.19. The minimum Gasteiger partial charge on any atom is -0.268 e. The average molecular weight is 326 g/mol. The van der Waals surface area contributed by atoms with Crippen molar-refractivity contribution in [1.82, 2.24) is 0 Å². The average Bonchev–Trinajstić information content (AvgIpc) is 2.82. The SMILES string of the molecule is O=C1S/C(=C\c2cccc([N+](=O)[O-])c2)C(=O)N1c1ccccc1. The molecule has 0 N–H and O–H groups in total. The summed E-state index contributed by atoms with van der Waals surface area (Å²) in [5.74, 6) is -0.433. The van der Waals surface area contributed by atoms with Crippen LogP contribution in [-0.2, 0) is 4.79 Å². The normalized spacial score (nSPS) is 16.2. The van der Waals surface area contributed by atoms with Crippen LogP contribution < -0.4 is 4.90 Å². The number of benzene rings is 2. The molecule has 2 amide bonds. The lowest BCUT2D eigenvalue weighted by Gasteiger charge is -2.11. The summed E-state index contributed by atoms with van der Waals surface area (Å²) in [5.41, 5.74) is 0.927. The van der Waals surface area contributed by atoms with Crippen LogP contribution in [0.3, 0.4) is 0 Å². The highest BCUT2D eigenvalue weighted by Gasteiger charge is 2.36. The zero-order valence-corrected chi connectivity index (χ0v) is 12.5. The van der Waals surface area contributed by atoms with Crippen molar-refractivity contribution in [2.24, 2.45) is 0 Å². The summed E-state index contributed by atoms with van der Waals surface area (Å²) in [7, 11) is 0. The van der Waals surface area contributed by atoms with Crippen LogP contribution in [0.4, 0.5) is 16.2 Å². The monoisotopic (exact) mass is 326 g/mol. The van der Waals surface area contributed by atoms with E-state index in [1.165, 1.54) is 24.3 Å². The molecule has 1 saturated heterocycles. The van der Waals surface area contributed by atoms with E-state index in [0.29, 0.717) is 11.3 Å². The van der Waals surface area contributed by atoms with Gasteiger partial charge in [-0.3, -0.25) is 19.7 Å². The van der Waals surface area contributed by atoms with E-state index in [-0.39, 0.29) is 10.6 Å². The van der Waals surface area contributed by atoms with Gasteiger partial charge in [0.25, 0.3) is 16.8 Å². The summed E-state index contributed by atoms with van der Waals surface area (Å²) < 4.78 is 0. The largest absolute Gasteiger partial charge is 0.298 e. The molecule has 0 bridgehead atoms. The summed E-state index contributed by atoms with van der Waals surface area (Å²) in [6.45, 7) is 0. The van der Waals surface area contributed by atoms with Crippen LogP contribution in [0.1, 0.15) is 5.56 Å². The van der Waals surface area contributed by atoms with Crippen LogP contribution in [0.5, 0.6) is 0 Å². The Morgan fingerprint density at radius 2 is 1.78 bits per heavy atom. The van der Waals surface area contributed by atoms with Crippen LogP contribution in [0.2, 0.25) is 0 Å². The molecular weight excluding hydrogens is 316 g/mol. The number of para-hydroxylation sites is 1. The summed E-state index contributed by atoms with van der Waals surface area (Å²) in [5, 5.41) is 10.4. The predicted molar refractivity (Wildman–Crippen MR) is 88.0 cm³/mol. The zero-order valence-electron chi connectivity index (χ0n) is 11.7. The molecule has 1 heterocycles. The van der Waals surface area contributed by atoms with Crippen molar-refractivity contribution in [2.45, 2.75) is 0 Å². The summed E-state index contributed by atoms with van der Waals surface area (Å²) in [6.07, 6.45) is 1.49. The topological polar surface area (TPSA) is 80.5 Å². The Balaban J connectivity index is 1.93. The molecule has 1 aliphatic heterocycles. The van der Waals surface area contributed by atoms with E-state index in [0.717, 1.165) is 16.7 Å². The van der Waals surface area contributed by atoms with Gasteiger partial charge in [-0.2, -0.15) is 0 Å². The zero-order chi connectivity index (χ0) is 16.4. The minimum absolute atomic E-state index is 0.0685. The molecule has 6 nitrogen and oxygen atoms in total. The maximum absolute atomic E-state index is 12.4. The Kier molecular flexibility index (Phi) is 3.94. The molecule has 2 aromatic rings. The number of rotatable bonds is 3. The van der Waals surface area contributed by atoms with Crippen LogP contribution in [0, 0.1) is 10.1 Å². The number of nitro groups is 1. The highest BCUT2D eigenvalue weighted by molar-refractivity contribution is 8.19. The summed E-state index contributed by atoms with van der Waals surface area (Å²) >= 11 is 0.814. The number of imide groups is 1. The molecule has 1 aliphatic rings. The van der Waals surface area contributed by atoms with E-state index in [9.17, 15) is 19.7 Å². The third kappa shape index (κ3) is 3.00. The van der Waals surface area contributed by atoms with E-state index >= 15 is 0 Å². The number of carbonyl (C=O) groups is 2. The number of carbonyl (C=O) groups excluding carboxylic acids is 2. The smallest absolute Gasteiger partial charge is 0.268 e. The van der Waals surface area contributed by atoms with E-state index < -0.39 is 16.1 Å². The first-order chi connectivity index (χ1) is 11.1. The Bertz CT molecular complexity index is 833. The number of thioether (sulfide) groups is 1. The Morgan fingerprint density at radius 1 is 1.04 bits per heavy atom. The van der Waals surface area contributed by atoms with Crippen LogP contribution in [-0.4, -0.2) is 16.1 Å². The fraction of sp³-hybridized carbons (Fsp3) is 0. The van der Waals surface area contributed by atoms with Gasteiger partial charge in [0.05, 0.1) is 15.5 Å². The Labute approximate surface area is 135 Å². The predicted octanol–water partition coefficient (Wildman–Crippen LogP) is 3.84. The Hall–Kier alpha value is -2.93. The van der Waals surface area contributed by atoms with Crippen molar-refractivity contribution >= 4 is 40.4 Å². The molecule has 0 unspecified atom stereocenters. The summed E-state index contributed by atoms with van der Waals surface area (Å²) in [4.78, 5) is 36.1. The molecule has 2 aromatic carbocycles. The molecule has 0 aliphatic carbocycles. The minimum atomic E-state index is -0.507. The second kappa shape index (κ2) is 6.05. The lowest BCUT2D eigenvalue weighted by Crippen LogP contribution is -2.27. The molecular formula is C16H10N2O4S. The molecule has 0 aromatic heterocycles. The van der Waals surface area contributed by atoms with Crippen molar-refractivity contribution in [3.8, 4) is 0 Å². The molecule has 0 radical (unpaired) electrons. The van der Waals surface area contributed by atoms with Crippen molar-refractivity contribution < 1.29 is 14.5 Å². The molecule has 7 heteroatoms. The van der Waals surface area contributed by atoms with Crippen molar-refractivity contribution in [3.05, 3.63) is 75.2 Å². The van der Waals surface area contributed by atoms with Gasteiger partial charge in [-0.15, -0.1) is 0 Å². The highest BCUT2D eigenvalue weighted by atomic mass is 32.2. The van der Waals surface area contributed by atoms with E-state index in [1.54, 1.807) is 36.4 Å². The number of hydrogen-bond donors (Lipinski definition) is 0. The molecule has 0 saturated carbocycles. The molecule has 1 fully saturated rings. The van der Waals surface area contributed by atoms with Gasteiger partial charge in [-0.05, 0) is 35.5 Å². The van der Waals surface area contributed by atoms with Crippen molar-refractivity contribution in [1.29, 1.82) is 0 Å². The lowest BCUT2D eigenvalue weighted by molar-refractivity contribution is -0.384. The van der Waals surface area contributed by atoms with Gasteiger partial charge in [0.2, 0.25) is 0 Å².